The van der Waals surface area contributed by atoms with Gasteiger partial charge in [-0.2, -0.15) is 0 Å². The highest BCUT2D eigenvalue weighted by molar-refractivity contribution is 5.44. The Morgan fingerprint density at radius 3 is 2.81 bits per heavy atom. The van der Waals surface area contributed by atoms with Crippen LogP contribution in [-0.4, -0.2) is 17.6 Å². The van der Waals surface area contributed by atoms with Crippen LogP contribution in [0.5, 0.6) is 0 Å². The highest BCUT2D eigenvalue weighted by Crippen LogP contribution is 2.28. The first-order chi connectivity index (χ1) is 7.58. The van der Waals surface area contributed by atoms with E-state index in [1.54, 1.807) is 0 Å². The number of hydrogen-bond donors (Lipinski definition) is 1. The summed E-state index contributed by atoms with van der Waals surface area (Å²) >= 11 is 0. The molecule has 3 nitrogen and oxygen atoms in total. The summed E-state index contributed by atoms with van der Waals surface area (Å²) in [6.45, 7) is 7.68. The minimum Gasteiger partial charge on any atom is -0.354 e. The van der Waals surface area contributed by atoms with Crippen molar-refractivity contribution in [1.82, 2.24) is 4.98 Å². The van der Waals surface area contributed by atoms with Crippen LogP contribution in [0.15, 0.2) is 18.3 Å². The molecule has 0 amide bonds. The molecule has 2 unspecified atom stereocenters. The molecule has 0 bridgehead atoms. The predicted molar refractivity (Wildman–Crippen MR) is 67.4 cm³/mol. The van der Waals surface area contributed by atoms with Crippen LogP contribution in [0.25, 0.3) is 0 Å². The molecule has 1 fully saturated rings. The molecule has 2 heterocycles. The molecule has 2 N–H and O–H groups in total. The average molecular weight is 219 g/mol. The van der Waals surface area contributed by atoms with Gasteiger partial charge < -0.3 is 10.6 Å². The fourth-order valence-corrected chi connectivity index (χ4v) is 2.49. The van der Waals surface area contributed by atoms with Gasteiger partial charge in [0, 0.05) is 24.8 Å². The molecule has 1 saturated heterocycles. The zero-order chi connectivity index (χ0) is 11.7. The van der Waals surface area contributed by atoms with Gasteiger partial charge in [-0.1, -0.05) is 6.92 Å². The van der Waals surface area contributed by atoms with E-state index in [0.717, 1.165) is 23.8 Å². The molecule has 16 heavy (non-hydrogen) atoms. The summed E-state index contributed by atoms with van der Waals surface area (Å²) in [6, 6.07) is 4.79. The second-order valence-electron chi connectivity index (χ2n) is 5.08. The lowest BCUT2D eigenvalue weighted by Gasteiger charge is -2.23. The first-order valence-electron chi connectivity index (χ1n) is 6.06. The average Bonchev–Trinajstić information content (AvgIpc) is 2.58. The fourth-order valence-electron chi connectivity index (χ4n) is 2.49. The molecule has 1 aromatic heterocycles. The van der Waals surface area contributed by atoms with Crippen LogP contribution >= 0.6 is 0 Å². The number of aromatic nitrogens is 1. The van der Waals surface area contributed by atoms with Gasteiger partial charge in [0.05, 0.1) is 0 Å². The van der Waals surface area contributed by atoms with E-state index >= 15 is 0 Å². The van der Waals surface area contributed by atoms with Crippen molar-refractivity contribution in [1.29, 1.82) is 0 Å². The minimum absolute atomic E-state index is 0.0806. The van der Waals surface area contributed by atoms with E-state index < -0.39 is 0 Å². The van der Waals surface area contributed by atoms with Crippen molar-refractivity contribution in [2.24, 2.45) is 11.7 Å². The Balaban J connectivity index is 2.23. The standard InChI is InChI=1S/C13H21N3/c1-9-6-10(2)16(8-9)13-7-12(11(3)14)4-5-15-13/h4-5,7,9-11H,6,8,14H2,1-3H3/t9?,10?,11-/m0/s1. The molecule has 1 aromatic rings. The van der Waals surface area contributed by atoms with Gasteiger partial charge in [-0.3, -0.25) is 0 Å². The maximum Gasteiger partial charge on any atom is 0.129 e. The van der Waals surface area contributed by atoms with E-state index in [1.165, 1.54) is 6.42 Å². The van der Waals surface area contributed by atoms with E-state index in [4.69, 9.17) is 5.73 Å². The molecule has 0 aliphatic carbocycles. The maximum atomic E-state index is 5.90. The summed E-state index contributed by atoms with van der Waals surface area (Å²) in [6.07, 6.45) is 3.12. The fraction of sp³-hybridized carbons (Fsp3) is 0.615. The Labute approximate surface area is 97.7 Å². The summed E-state index contributed by atoms with van der Waals surface area (Å²) in [5.74, 6) is 1.84. The second-order valence-corrected chi connectivity index (χ2v) is 5.08. The minimum atomic E-state index is 0.0806. The zero-order valence-electron chi connectivity index (χ0n) is 10.4. The molecule has 3 atom stereocenters. The van der Waals surface area contributed by atoms with Crippen molar-refractivity contribution in [3.05, 3.63) is 23.9 Å². The van der Waals surface area contributed by atoms with Crippen molar-refractivity contribution >= 4 is 5.82 Å². The van der Waals surface area contributed by atoms with Crippen molar-refractivity contribution in [3.63, 3.8) is 0 Å². The summed E-state index contributed by atoms with van der Waals surface area (Å²) in [5, 5.41) is 0. The van der Waals surface area contributed by atoms with Crippen molar-refractivity contribution in [2.45, 2.75) is 39.3 Å². The zero-order valence-corrected chi connectivity index (χ0v) is 10.4. The number of rotatable bonds is 2. The van der Waals surface area contributed by atoms with E-state index in [0.29, 0.717) is 6.04 Å². The number of pyridine rings is 1. The molecule has 0 spiro atoms. The molecule has 0 saturated carbocycles. The lowest BCUT2D eigenvalue weighted by molar-refractivity contribution is 0.625. The topological polar surface area (TPSA) is 42.1 Å². The molecular formula is C13H21N3. The Hall–Kier alpha value is -1.09. The van der Waals surface area contributed by atoms with Gasteiger partial charge in [-0.05, 0) is 43.9 Å². The van der Waals surface area contributed by atoms with Crippen LogP contribution in [0.4, 0.5) is 5.82 Å². The van der Waals surface area contributed by atoms with Gasteiger partial charge in [0.25, 0.3) is 0 Å². The maximum absolute atomic E-state index is 5.90. The predicted octanol–water partition coefficient (Wildman–Crippen LogP) is 2.34. The summed E-state index contributed by atoms with van der Waals surface area (Å²) < 4.78 is 0. The molecule has 88 valence electrons. The van der Waals surface area contributed by atoms with Gasteiger partial charge >= 0.3 is 0 Å². The van der Waals surface area contributed by atoms with Gasteiger partial charge in [0.1, 0.15) is 5.82 Å². The summed E-state index contributed by atoms with van der Waals surface area (Å²) in [7, 11) is 0. The summed E-state index contributed by atoms with van der Waals surface area (Å²) in [5.41, 5.74) is 7.06. The van der Waals surface area contributed by atoms with Gasteiger partial charge in [0.15, 0.2) is 0 Å². The van der Waals surface area contributed by atoms with E-state index in [1.807, 2.05) is 19.2 Å². The lowest BCUT2D eigenvalue weighted by atomic mass is 10.1. The van der Waals surface area contributed by atoms with Crippen LogP contribution in [0.3, 0.4) is 0 Å². The Morgan fingerprint density at radius 2 is 2.25 bits per heavy atom. The van der Waals surface area contributed by atoms with Crippen LogP contribution in [-0.2, 0) is 0 Å². The molecule has 0 aromatic carbocycles. The number of hydrogen-bond acceptors (Lipinski definition) is 3. The van der Waals surface area contributed by atoms with Crippen LogP contribution in [0.2, 0.25) is 0 Å². The van der Waals surface area contributed by atoms with Crippen LogP contribution in [0.1, 0.15) is 38.8 Å². The van der Waals surface area contributed by atoms with E-state index in [-0.39, 0.29) is 6.04 Å². The van der Waals surface area contributed by atoms with E-state index in [2.05, 4.69) is 29.8 Å². The monoisotopic (exact) mass is 219 g/mol. The Morgan fingerprint density at radius 1 is 1.50 bits per heavy atom. The molecule has 1 aliphatic rings. The third-order valence-electron chi connectivity index (χ3n) is 3.37. The molecule has 3 heteroatoms. The van der Waals surface area contributed by atoms with Crippen molar-refractivity contribution in [3.8, 4) is 0 Å². The van der Waals surface area contributed by atoms with Crippen LogP contribution < -0.4 is 10.6 Å². The molecule has 0 radical (unpaired) electrons. The first-order valence-corrected chi connectivity index (χ1v) is 6.06. The normalized spacial score (nSPS) is 27.1. The molecule has 1 aliphatic heterocycles. The van der Waals surface area contributed by atoms with Crippen molar-refractivity contribution in [2.75, 3.05) is 11.4 Å². The van der Waals surface area contributed by atoms with Crippen LogP contribution in [0, 0.1) is 5.92 Å². The second kappa shape index (κ2) is 4.42. The smallest absolute Gasteiger partial charge is 0.129 e. The SMILES string of the molecule is CC1CC(C)N(c2cc([C@H](C)N)ccn2)C1. The van der Waals surface area contributed by atoms with Gasteiger partial charge in [-0.25, -0.2) is 4.98 Å². The highest BCUT2D eigenvalue weighted by atomic mass is 15.2. The van der Waals surface area contributed by atoms with Gasteiger partial charge in [0.2, 0.25) is 0 Å². The molecule has 2 rings (SSSR count). The molecular weight excluding hydrogens is 198 g/mol. The summed E-state index contributed by atoms with van der Waals surface area (Å²) in [4.78, 5) is 6.84. The van der Waals surface area contributed by atoms with Crippen molar-refractivity contribution < 1.29 is 0 Å². The number of nitrogens with zero attached hydrogens (tertiary/aromatic N) is 2. The number of anilines is 1. The van der Waals surface area contributed by atoms with Gasteiger partial charge in [-0.15, -0.1) is 0 Å². The first kappa shape index (κ1) is 11.4. The third-order valence-corrected chi connectivity index (χ3v) is 3.37. The Bertz CT molecular complexity index is 362. The lowest BCUT2D eigenvalue weighted by Crippen LogP contribution is -2.27. The third kappa shape index (κ3) is 2.19. The highest BCUT2D eigenvalue weighted by Gasteiger charge is 2.27. The number of nitrogens with two attached hydrogens (primary N) is 1. The van der Waals surface area contributed by atoms with E-state index in [9.17, 15) is 0 Å². The quantitative estimate of drug-likeness (QED) is 0.830. The largest absolute Gasteiger partial charge is 0.354 e. The Kier molecular flexibility index (Phi) is 3.15.